The van der Waals surface area contributed by atoms with Gasteiger partial charge in [-0.25, -0.2) is 4.79 Å². The molecule has 0 bridgehead atoms. The Morgan fingerprint density at radius 2 is 1.91 bits per heavy atom. The molecule has 1 aliphatic rings. The van der Waals surface area contributed by atoms with E-state index in [0.717, 1.165) is 12.8 Å². The second-order valence-electron chi connectivity index (χ2n) is 6.60. The number of nitrogens with one attached hydrogen (secondary N) is 1. The third-order valence-electron chi connectivity index (χ3n) is 3.44. The van der Waals surface area contributed by atoms with Gasteiger partial charge in [0.25, 0.3) is 5.91 Å². The second-order valence-corrected chi connectivity index (χ2v) is 6.60. The fraction of sp³-hybridized carbons (Fsp3) is 0.529. The van der Waals surface area contributed by atoms with Crippen LogP contribution in [0.3, 0.4) is 0 Å². The van der Waals surface area contributed by atoms with Gasteiger partial charge < -0.3 is 15.0 Å². The molecule has 0 aliphatic carbocycles. The summed E-state index contributed by atoms with van der Waals surface area (Å²) in [7, 11) is 0. The summed E-state index contributed by atoms with van der Waals surface area (Å²) in [6, 6.07) is 9.08. The van der Waals surface area contributed by atoms with Gasteiger partial charge in [0.05, 0.1) is 0 Å². The average molecular weight is 304 g/mol. The maximum atomic E-state index is 12.2. The van der Waals surface area contributed by atoms with Gasteiger partial charge in [-0.05, 0) is 45.7 Å². The minimum Gasteiger partial charge on any atom is -0.444 e. The van der Waals surface area contributed by atoms with Crippen molar-refractivity contribution in [3.05, 3.63) is 35.9 Å². The first-order chi connectivity index (χ1) is 10.3. The largest absolute Gasteiger partial charge is 0.444 e. The van der Waals surface area contributed by atoms with Crippen LogP contribution in [0.2, 0.25) is 0 Å². The molecular formula is C17H24N2O3. The molecule has 1 saturated heterocycles. The molecule has 0 aromatic heterocycles. The molecule has 1 atom stereocenters. The Hall–Kier alpha value is -2.04. The summed E-state index contributed by atoms with van der Waals surface area (Å²) < 4.78 is 5.39. The third-order valence-corrected chi connectivity index (χ3v) is 3.44. The summed E-state index contributed by atoms with van der Waals surface area (Å²) in [5, 5.41) is 2.99. The third kappa shape index (κ3) is 4.76. The van der Waals surface area contributed by atoms with Crippen molar-refractivity contribution in [3.63, 3.8) is 0 Å². The molecule has 1 aromatic carbocycles. The van der Waals surface area contributed by atoms with Gasteiger partial charge in [0.2, 0.25) is 0 Å². The monoisotopic (exact) mass is 304 g/mol. The molecule has 0 spiro atoms. The van der Waals surface area contributed by atoms with Gasteiger partial charge in [-0.15, -0.1) is 0 Å². The van der Waals surface area contributed by atoms with Gasteiger partial charge >= 0.3 is 6.09 Å². The van der Waals surface area contributed by atoms with Gasteiger partial charge in [-0.1, -0.05) is 18.2 Å². The van der Waals surface area contributed by atoms with Crippen LogP contribution in [0.15, 0.2) is 30.3 Å². The molecule has 5 nitrogen and oxygen atoms in total. The number of carbonyl (C=O) groups excluding carboxylic acids is 2. The highest BCUT2D eigenvalue weighted by Crippen LogP contribution is 2.15. The number of amides is 2. The zero-order valence-electron chi connectivity index (χ0n) is 13.5. The highest BCUT2D eigenvalue weighted by atomic mass is 16.6. The Balaban J connectivity index is 1.91. The van der Waals surface area contributed by atoms with Crippen LogP contribution in [-0.2, 0) is 4.74 Å². The molecular weight excluding hydrogens is 280 g/mol. The van der Waals surface area contributed by atoms with Crippen LogP contribution in [-0.4, -0.2) is 41.6 Å². The van der Waals surface area contributed by atoms with Crippen LogP contribution in [0, 0.1) is 0 Å². The van der Waals surface area contributed by atoms with Crippen LogP contribution in [0.5, 0.6) is 0 Å². The fourth-order valence-electron chi connectivity index (χ4n) is 2.45. The molecule has 5 heteroatoms. The topological polar surface area (TPSA) is 58.6 Å². The molecule has 1 aliphatic heterocycles. The van der Waals surface area contributed by atoms with E-state index in [9.17, 15) is 9.59 Å². The number of ether oxygens (including phenoxy) is 1. The maximum Gasteiger partial charge on any atom is 0.410 e. The zero-order valence-corrected chi connectivity index (χ0v) is 13.5. The predicted octanol–water partition coefficient (Wildman–Crippen LogP) is 2.82. The van der Waals surface area contributed by atoms with Crippen LogP contribution in [0.1, 0.15) is 44.0 Å². The molecule has 1 heterocycles. The maximum absolute atomic E-state index is 12.2. The Kier molecular flexibility index (Phi) is 5.06. The molecule has 0 saturated carbocycles. The minimum atomic E-state index is -0.503. The summed E-state index contributed by atoms with van der Waals surface area (Å²) in [5.74, 6) is -0.100. The molecule has 1 aromatic rings. The minimum absolute atomic E-state index is 0.0334. The number of benzene rings is 1. The van der Waals surface area contributed by atoms with E-state index in [1.54, 1.807) is 17.0 Å². The van der Waals surface area contributed by atoms with Crippen LogP contribution in [0.25, 0.3) is 0 Å². The van der Waals surface area contributed by atoms with Crippen molar-refractivity contribution in [1.29, 1.82) is 0 Å². The SMILES string of the molecule is CC(C)(C)OC(=O)N1CCCC(NC(=O)c2ccccc2)C1. The molecule has 1 N–H and O–H groups in total. The molecule has 0 radical (unpaired) electrons. The standard InChI is InChI=1S/C17H24N2O3/c1-17(2,3)22-16(21)19-11-7-10-14(12-19)18-15(20)13-8-5-4-6-9-13/h4-6,8-9,14H,7,10-12H2,1-3H3,(H,18,20). The quantitative estimate of drug-likeness (QED) is 0.914. The number of hydrogen-bond donors (Lipinski definition) is 1. The van der Waals surface area contributed by atoms with Gasteiger partial charge in [0.15, 0.2) is 0 Å². The van der Waals surface area contributed by atoms with Crippen LogP contribution >= 0.6 is 0 Å². The zero-order chi connectivity index (χ0) is 16.2. The lowest BCUT2D eigenvalue weighted by atomic mass is 10.1. The first kappa shape index (κ1) is 16.3. The Bertz CT molecular complexity index is 522. The van der Waals surface area contributed by atoms with Gasteiger partial charge in [-0.2, -0.15) is 0 Å². The Labute approximate surface area is 131 Å². The fourth-order valence-corrected chi connectivity index (χ4v) is 2.45. The Morgan fingerprint density at radius 1 is 1.23 bits per heavy atom. The summed E-state index contributed by atoms with van der Waals surface area (Å²) in [4.78, 5) is 25.9. The van der Waals surface area contributed by atoms with E-state index < -0.39 is 5.60 Å². The number of nitrogens with zero attached hydrogens (tertiary/aromatic N) is 1. The highest BCUT2D eigenvalue weighted by Gasteiger charge is 2.28. The smallest absolute Gasteiger partial charge is 0.410 e. The summed E-state index contributed by atoms with van der Waals surface area (Å²) in [6.45, 7) is 6.72. The number of carbonyl (C=O) groups is 2. The first-order valence-corrected chi connectivity index (χ1v) is 7.69. The van der Waals surface area contributed by atoms with Gasteiger partial charge in [-0.3, -0.25) is 4.79 Å². The van der Waals surface area contributed by atoms with Crippen molar-refractivity contribution in [2.45, 2.75) is 45.3 Å². The van der Waals surface area contributed by atoms with E-state index in [0.29, 0.717) is 18.7 Å². The molecule has 1 fully saturated rings. The molecule has 22 heavy (non-hydrogen) atoms. The Morgan fingerprint density at radius 3 is 2.55 bits per heavy atom. The van der Waals surface area contributed by atoms with Crippen molar-refractivity contribution in [3.8, 4) is 0 Å². The van der Waals surface area contributed by atoms with E-state index in [4.69, 9.17) is 4.74 Å². The van der Waals surface area contributed by atoms with E-state index in [1.807, 2.05) is 39.0 Å². The van der Waals surface area contributed by atoms with Gasteiger partial charge in [0.1, 0.15) is 5.60 Å². The lowest BCUT2D eigenvalue weighted by Crippen LogP contribution is -2.50. The van der Waals surface area contributed by atoms with Crippen LogP contribution in [0.4, 0.5) is 4.79 Å². The molecule has 2 amide bonds. The highest BCUT2D eigenvalue weighted by molar-refractivity contribution is 5.94. The van der Waals surface area contributed by atoms with Crippen molar-refractivity contribution in [1.82, 2.24) is 10.2 Å². The average Bonchev–Trinajstić information content (AvgIpc) is 2.46. The molecule has 2 rings (SSSR count). The van der Waals surface area contributed by atoms with E-state index >= 15 is 0 Å². The lowest BCUT2D eigenvalue weighted by molar-refractivity contribution is 0.0185. The van der Waals surface area contributed by atoms with Crippen molar-refractivity contribution < 1.29 is 14.3 Å². The number of rotatable bonds is 2. The van der Waals surface area contributed by atoms with Crippen molar-refractivity contribution in [2.75, 3.05) is 13.1 Å². The van der Waals surface area contributed by atoms with Crippen molar-refractivity contribution in [2.24, 2.45) is 0 Å². The van der Waals surface area contributed by atoms with Gasteiger partial charge in [0, 0.05) is 24.7 Å². The summed E-state index contributed by atoms with van der Waals surface area (Å²) in [5.41, 5.74) is 0.133. The lowest BCUT2D eigenvalue weighted by Gasteiger charge is -2.34. The normalized spacial score (nSPS) is 18.7. The number of piperidine rings is 1. The number of likely N-dealkylation sites (tertiary alicyclic amines) is 1. The van der Waals surface area contributed by atoms with Crippen molar-refractivity contribution >= 4 is 12.0 Å². The first-order valence-electron chi connectivity index (χ1n) is 7.69. The van der Waals surface area contributed by atoms with E-state index in [-0.39, 0.29) is 18.0 Å². The molecule has 120 valence electrons. The summed E-state index contributed by atoms with van der Waals surface area (Å²) >= 11 is 0. The van der Waals surface area contributed by atoms with E-state index in [1.165, 1.54) is 0 Å². The number of hydrogen-bond acceptors (Lipinski definition) is 3. The predicted molar refractivity (Wildman–Crippen MR) is 84.7 cm³/mol. The van der Waals surface area contributed by atoms with E-state index in [2.05, 4.69) is 5.32 Å². The summed E-state index contributed by atoms with van der Waals surface area (Å²) in [6.07, 6.45) is 1.42. The molecule has 1 unspecified atom stereocenters. The second kappa shape index (κ2) is 6.81. The van der Waals surface area contributed by atoms with Crippen LogP contribution < -0.4 is 5.32 Å².